The molecular weight excluding hydrogens is 421 g/mol. The van der Waals surface area contributed by atoms with Gasteiger partial charge in [-0.25, -0.2) is 0 Å². The Kier molecular flexibility index (Phi) is 5.79. The van der Waals surface area contributed by atoms with Crippen molar-refractivity contribution < 1.29 is 19.4 Å². The Labute approximate surface area is 156 Å². The second kappa shape index (κ2) is 7.68. The highest BCUT2D eigenvalue weighted by Gasteiger charge is 2.62. The second-order valence-corrected chi connectivity index (χ2v) is 6.54. The van der Waals surface area contributed by atoms with Gasteiger partial charge in [-0.3, -0.25) is 9.69 Å². The standard InChI is InChI=1S/C17H21NO4.CH3I/c1-18-13-7-11(8-14(18)16-15(13)22-16)21-17(20)12(9-19)10-5-3-2-4-6-10;1-2/h2-6,11-16,19H,7-9H2,1H3;1H3/t11-,12-,13-,14+,15-,16+;/m1./s1. The summed E-state index contributed by atoms with van der Waals surface area (Å²) in [5, 5.41) is 9.56. The molecule has 1 aromatic carbocycles. The molecule has 3 heterocycles. The van der Waals surface area contributed by atoms with Gasteiger partial charge < -0.3 is 14.6 Å². The molecule has 3 fully saturated rings. The fraction of sp³-hybridized carbons (Fsp3) is 0.611. The van der Waals surface area contributed by atoms with E-state index in [1.807, 2.05) is 35.3 Å². The third kappa shape index (κ3) is 3.34. The normalized spacial score (nSPS) is 34.6. The number of carbonyl (C=O) groups excluding carboxylic acids is 1. The molecule has 1 aromatic rings. The molecular formula is C18H24INO4. The summed E-state index contributed by atoms with van der Waals surface area (Å²) >= 11 is 2.15. The molecule has 0 aliphatic carbocycles. The number of halogens is 1. The number of aliphatic hydroxyl groups excluding tert-OH is 1. The van der Waals surface area contributed by atoms with Gasteiger partial charge >= 0.3 is 5.97 Å². The maximum Gasteiger partial charge on any atom is 0.316 e. The molecule has 0 spiro atoms. The first-order chi connectivity index (χ1) is 11.7. The number of fused-ring (bicyclic) bond motifs is 5. The van der Waals surface area contributed by atoms with Gasteiger partial charge in [-0.1, -0.05) is 52.9 Å². The zero-order valence-electron chi connectivity index (χ0n) is 14.0. The van der Waals surface area contributed by atoms with Crippen LogP contribution >= 0.6 is 22.6 Å². The van der Waals surface area contributed by atoms with Crippen molar-refractivity contribution in [1.29, 1.82) is 0 Å². The summed E-state index contributed by atoms with van der Waals surface area (Å²) in [6.45, 7) is -0.226. The number of piperidine rings is 1. The molecule has 24 heavy (non-hydrogen) atoms. The largest absolute Gasteiger partial charge is 0.462 e. The molecule has 3 saturated heterocycles. The van der Waals surface area contributed by atoms with E-state index in [4.69, 9.17) is 9.47 Å². The monoisotopic (exact) mass is 445 g/mol. The van der Waals surface area contributed by atoms with Gasteiger partial charge in [0.2, 0.25) is 0 Å². The molecule has 1 N–H and O–H groups in total. The number of nitrogens with zero attached hydrogens (tertiary/aromatic N) is 1. The van der Waals surface area contributed by atoms with Gasteiger partial charge in [-0.2, -0.15) is 0 Å². The Balaban J connectivity index is 0.000000815. The number of hydrogen-bond acceptors (Lipinski definition) is 5. The Morgan fingerprint density at radius 3 is 2.42 bits per heavy atom. The van der Waals surface area contributed by atoms with E-state index in [1.165, 1.54) is 0 Å². The van der Waals surface area contributed by atoms with E-state index in [2.05, 4.69) is 34.5 Å². The minimum absolute atomic E-state index is 0.0622. The Morgan fingerprint density at radius 2 is 1.88 bits per heavy atom. The predicted octanol–water partition coefficient (Wildman–Crippen LogP) is 1.97. The quantitative estimate of drug-likeness (QED) is 0.333. The molecule has 0 aromatic heterocycles. The summed E-state index contributed by atoms with van der Waals surface area (Å²) in [6.07, 6.45) is 2.26. The van der Waals surface area contributed by atoms with E-state index in [-0.39, 0.29) is 18.7 Å². The number of epoxide rings is 1. The molecule has 0 radical (unpaired) electrons. The number of aliphatic hydroxyl groups is 1. The van der Waals surface area contributed by atoms with Crippen molar-refractivity contribution in [2.24, 2.45) is 0 Å². The maximum absolute atomic E-state index is 12.4. The van der Waals surface area contributed by atoms with Crippen LogP contribution in [0, 0.1) is 0 Å². The zero-order chi connectivity index (χ0) is 17.3. The van der Waals surface area contributed by atoms with Gasteiger partial charge in [0.25, 0.3) is 0 Å². The molecule has 2 bridgehead atoms. The van der Waals surface area contributed by atoms with Crippen molar-refractivity contribution in [2.45, 2.75) is 49.2 Å². The molecule has 0 amide bonds. The minimum atomic E-state index is -0.593. The van der Waals surface area contributed by atoms with Crippen LogP contribution in [0.1, 0.15) is 24.3 Å². The van der Waals surface area contributed by atoms with Crippen molar-refractivity contribution in [2.75, 3.05) is 18.6 Å². The van der Waals surface area contributed by atoms with Crippen molar-refractivity contribution >= 4 is 28.6 Å². The van der Waals surface area contributed by atoms with E-state index < -0.39 is 5.92 Å². The zero-order valence-corrected chi connectivity index (χ0v) is 16.1. The van der Waals surface area contributed by atoms with E-state index >= 15 is 0 Å². The van der Waals surface area contributed by atoms with Gasteiger partial charge in [0.1, 0.15) is 24.2 Å². The molecule has 0 unspecified atom stereocenters. The van der Waals surface area contributed by atoms with Crippen LogP contribution in [0.25, 0.3) is 0 Å². The number of rotatable bonds is 4. The molecule has 5 nitrogen and oxygen atoms in total. The summed E-state index contributed by atoms with van der Waals surface area (Å²) in [4.78, 5) is 16.8. The van der Waals surface area contributed by atoms with E-state index in [1.54, 1.807) is 0 Å². The Bertz CT molecular complexity index is 551. The van der Waals surface area contributed by atoms with Crippen molar-refractivity contribution in [3.8, 4) is 0 Å². The minimum Gasteiger partial charge on any atom is -0.462 e. The summed E-state index contributed by atoms with van der Waals surface area (Å²) in [5.74, 6) is -0.915. The topological polar surface area (TPSA) is 62.3 Å². The first kappa shape index (κ1) is 18.1. The summed E-state index contributed by atoms with van der Waals surface area (Å²) in [5.41, 5.74) is 0.803. The van der Waals surface area contributed by atoms with Crippen LogP contribution in [-0.2, 0) is 14.3 Å². The third-order valence-corrected chi connectivity index (χ3v) is 5.33. The third-order valence-electron chi connectivity index (χ3n) is 5.33. The van der Waals surface area contributed by atoms with Gasteiger partial charge in [0, 0.05) is 24.9 Å². The first-order valence-corrected chi connectivity index (χ1v) is 10.5. The Hall–Kier alpha value is -0.700. The molecule has 3 aliphatic rings. The lowest BCUT2D eigenvalue weighted by molar-refractivity contribution is -0.156. The van der Waals surface area contributed by atoms with Crippen LogP contribution in [0.3, 0.4) is 0 Å². The van der Waals surface area contributed by atoms with Crippen molar-refractivity contribution in [3.63, 3.8) is 0 Å². The second-order valence-electron chi connectivity index (χ2n) is 6.54. The van der Waals surface area contributed by atoms with E-state index in [9.17, 15) is 9.90 Å². The first-order valence-electron chi connectivity index (χ1n) is 8.30. The average molecular weight is 445 g/mol. The van der Waals surface area contributed by atoms with Gasteiger partial charge in [-0.15, -0.1) is 0 Å². The molecule has 4 rings (SSSR count). The number of carbonyl (C=O) groups is 1. The summed E-state index contributed by atoms with van der Waals surface area (Å²) < 4.78 is 11.4. The number of benzene rings is 1. The highest BCUT2D eigenvalue weighted by molar-refractivity contribution is 14.1. The van der Waals surface area contributed by atoms with Crippen LogP contribution in [0.15, 0.2) is 30.3 Å². The van der Waals surface area contributed by atoms with E-state index in [0.717, 1.165) is 18.4 Å². The molecule has 3 aliphatic heterocycles. The van der Waals surface area contributed by atoms with Crippen molar-refractivity contribution in [1.82, 2.24) is 4.90 Å². The van der Waals surface area contributed by atoms with Crippen LogP contribution in [0.2, 0.25) is 0 Å². The molecule has 0 saturated carbocycles. The number of ether oxygens (including phenoxy) is 2. The van der Waals surface area contributed by atoms with Gasteiger partial charge in [-0.05, 0) is 17.5 Å². The number of esters is 1. The predicted molar refractivity (Wildman–Crippen MR) is 99.3 cm³/mol. The number of likely N-dealkylation sites (N-methyl/N-ethyl adjacent to an activating group) is 1. The molecule has 6 atom stereocenters. The lowest BCUT2D eigenvalue weighted by Crippen LogP contribution is -2.48. The summed E-state index contributed by atoms with van der Waals surface area (Å²) in [7, 11) is 2.13. The number of morpholine rings is 1. The van der Waals surface area contributed by atoms with Crippen LogP contribution < -0.4 is 0 Å². The molecule has 132 valence electrons. The fourth-order valence-electron chi connectivity index (χ4n) is 4.04. The van der Waals surface area contributed by atoms with Crippen LogP contribution in [-0.4, -0.2) is 65.0 Å². The Morgan fingerprint density at radius 1 is 1.29 bits per heavy atom. The lowest BCUT2D eigenvalue weighted by Gasteiger charge is -2.38. The average Bonchev–Trinajstić information content (AvgIpc) is 3.36. The van der Waals surface area contributed by atoms with E-state index in [0.29, 0.717) is 24.3 Å². The van der Waals surface area contributed by atoms with Gasteiger partial charge in [0.15, 0.2) is 0 Å². The maximum atomic E-state index is 12.4. The number of alkyl halides is 1. The van der Waals surface area contributed by atoms with Crippen LogP contribution in [0.4, 0.5) is 0 Å². The fourth-order valence-corrected chi connectivity index (χ4v) is 4.04. The summed E-state index contributed by atoms with van der Waals surface area (Å²) in [6, 6.07) is 10.1. The number of hydrogen-bond donors (Lipinski definition) is 1. The molecule has 6 heteroatoms. The highest BCUT2D eigenvalue weighted by atomic mass is 127. The SMILES string of the molecule is CI.CN1[C@@H]2C[C@@H](OC(=O)[C@H](CO)c3ccccc3)C[C@H]1[C@@H]1O[C@@H]12. The lowest BCUT2D eigenvalue weighted by atomic mass is 9.97. The van der Waals surface area contributed by atoms with Crippen molar-refractivity contribution in [3.05, 3.63) is 35.9 Å². The highest BCUT2D eigenvalue weighted by Crippen LogP contribution is 2.48. The van der Waals surface area contributed by atoms with Crippen LogP contribution in [0.5, 0.6) is 0 Å². The van der Waals surface area contributed by atoms with Gasteiger partial charge in [0.05, 0.1) is 6.61 Å². The smallest absolute Gasteiger partial charge is 0.316 e.